The van der Waals surface area contributed by atoms with Gasteiger partial charge in [-0.3, -0.25) is 19.7 Å². The molecule has 1 aliphatic rings. The summed E-state index contributed by atoms with van der Waals surface area (Å²) in [4.78, 5) is 40.8. The number of anilines is 1. The molecule has 1 aromatic heterocycles. The molecule has 1 saturated heterocycles. The van der Waals surface area contributed by atoms with Gasteiger partial charge in [-0.15, -0.1) is 0 Å². The number of nitro groups is 1. The third-order valence-electron chi connectivity index (χ3n) is 4.70. The van der Waals surface area contributed by atoms with E-state index in [1.165, 1.54) is 18.3 Å². The van der Waals surface area contributed by atoms with E-state index >= 15 is 0 Å². The van der Waals surface area contributed by atoms with Crippen molar-refractivity contribution in [2.75, 3.05) is 18.4 Å². The van der Waals surface area contributed by atoms with E-state index in [4.69, 9.17) is 11.6 Å². The summed E-state index contributed by atoms with van der Waals surface area (Å²) in [6.07, 6.45) is 2.80. The number of carbonyl (C=O) groups excluding carboxylic acids is 2. The van der Waals surface area contributed by atoms with Crippen LogP contribution in [0.2, 0.25) is 5.02 Å². The van der Waals surface area contributed by atoms with Crippen molar-refractivity contribution in [1.29, 1.82) is 0 Å². The Bertz CT molecular complexity index is 863. The molecule has 3 rings (SSSR count). The minimum Gasteiger partial charge on any atom is -0.342 e. The highest BCUT2D eigenvalue weighted by Gasteiger charge is 2.27. The summed E-state index contributed by atoms with van der Waals surface area (Å²) >= 11 is 5.78. The van der Waals surface area contributed by atoms with Gasteiger partial charge >= 0.3 is 0 Å². The topological polar surface area (TPSA) is 105 Å². The monoisotopic (exact) mass is 402 g/mol. The van der Waals surface area contributed by atoms with Gasteiger partial charge in [0.05, 0.1) is 16.4 Å². The molecule has 1 N–H and O–H groups in total. The zero-order valence-corrected chi connectivity index (χ0v) is 15.8. The predicted octanol–water partition coefficient (Wildman–Crippen LogP) is 3.06. The van der Waals surface area contributed by atoms with Gasteiger partial charge in [-0.2, -0.15) is 0 Å². The average molecular weight is 403 g/mol. The Kier molecular flexibility index (Phi) is 6.20. The minimum absolute atomic E-state index is 0.00166. The Morgan fingerprint density at radius 2 is 1.86 bits per heavy atom. The largest absolute Gasteiger partial charge is 0.342 e. The number of hydrogen-bond donors (Lipinski definition) is 1. The van der Waals surface area contributed by atoms with Crippen LogP contribution in [-0.4, -0.2) is 39.7 Å². The first-order chi connectivity index (χ1) is 13.4. The maximum atomic E-state index is 12.5. The molecular weight excluding hydrogens is 384 g/mol. The quantitative estimate of drug-likeness (QED) is 0.611. The second-order valence-electron chi connectivity index (χ2n) is 6.61. The average Bonchev–Trinajstić information content (AvgIpc) is 2.70. The second kappa shape index (κ2) is 8.79. The standard InChI is InChI=1S/C19H19ClN4O4/c20-15-3-6-17(21-12-15)22-19(26)14-7-9-23(10-8-14)18(25)11-13-1-4-16(5-2-13)24(27)28/h1-6,12,14H,7-11H2,(H,21,22,26). The van der Waals surface area contributed by atoms with Crippen molar-refractivity contribution in [2.24, 2.45) is 5.92 Å². The molecule has 0 bridgehead atoms. The first-order valence-electron chi connectivity index (χ1n) is 8.86. The number of benzene rings is 1. The van der Waals surface area contributed by atoms with Crippen LogP contribution in [-0.2, 0) is 16.0 Å². The number of non-ortho nitro benzene ring substituents is 1. The molecule has 8 nitrogen and oxygen atoms in total. The lowest BCUT2D eigenvalue weighted by atomic mass is 9.95. The van der Waals surface area contributed by atoms with Crippen molar-refractivity contribution in [1.82, 2.24) is 9.88 Å². The van der Waals surface area contributed by atoms with Gasteiger partial charge in [0.1, 0.15) is 5.82 Å². The number of piperidine rings is 1. The van der Waals surface area contributed by atoms with Gasteiger partial charge in [-0.25, -0.2) is 4.98 Å². The third kappa shape index (κ3) is 5.04. The van der Waals surface area contributed by atoms with Gasteiger partial charge in [-0.1, -0.05) is 23.7 Å². The van der Waals surface area contributed by atoms with Crippen LogP contribution in [0.15, 0.2) is 42.6 Å². The second-order valence-corrected chi connectivity index (χ2v) is 7.04. The highest BCUT2D eigenvalue weighted by Crippen LogP contribution is 2.21. The van der Waals surface area contributed by atoms with E-state index in [0.717, 1.165) is 5.56 Å². The lowest BCUT2D eigenvalue weighted by Crippen LogP contribution is -2.42. The zero-order valence-electron chi connectivity index (χ0n) is 15.0. The number of amides is 2. The molecule has 0 unspecified atom stereocenters. The molecule has 1 aromatic carbocycles. The number of nitrogens with one attached hydrogen (secondary N) is 1. The van der Waals surface area contributed by atoms with Crippen LogP contribution in [0, 0.1) is 16.0 Å². The number of hydrogen-bond acceptors (Lipinski definition) is 5. The van der Waals surface area contributed by atoms with Crippen LogP contribution in [0.1, 0.15) is 18.4 Å². The maximum absolute atomic E-state index is 12.5. The smallest absolute Gasteiger partial charge is 0.269 e. The molecule has 146 valence electrons. The molecule has 0 radical (unpaired) electrons. The maximum Gasteiger partial charge on any atom is 0.269 e. The molecule has 0 atom stereocenters. The number of rotatable bonds is 5. The fraction of sp³-hybridized carbons (Fsp3) is 0.316. The number of likely N-dealkylation sites (tertiary alicyclic amines) is 1. The normalized spacial score (nSPS) is 14.5. The fourth-order valence-corrected chi connectivity index (χ4v) is 3.20. The van der Waals surface area contributed by atoms with Gasteiger partial charge in [0, 0.05) is 37.3 Å². The number of halogens is 1. The number of aromatic nitrogens is 1. The third-order valence-corrected chi connectivity index (χ3v) is 4.92. The van der Waals surface area contributed by atoms with Crippen molar-refractivity contribution in [3.63, 3.8) is 0 Å². The van der Waals surface area contributed by atoms with Crippen molar-refractivity contribution < 1.29 is 14.5 Å². The first-order valence-corrected chi connectivity index (χ1v) is 9.23. The zero-order chi connectivity index (χ0) is 20.1. The summed E-state index contributed by atoms with van der Waals surface area (Å²) in [7, 11) is 0. The van der Waals surface area contributed by atoms with Crippen LogP contribution in [0.25, 0.3) is 0 Å². The van der Waals surface area contributed by atoms with E-state index < -0.39 is 4.92 Å². The van der Waals surface area contributed by atoms with Crippen molar-refractivity contribution >= 4 is 34.9 Å². The Hall–Kier alpha value is -3.00. The highest BCUT2D eigenvalue weighted by atomic mass is 35.5. The van der Waals surface area contributed by atoms with Crippen molar-refractivity contribution in [3.05, 3.63) is 63.3 Å². The van der Waals surface area contributed by atoms with Crippen molar-refractivity contribution in [2.45, 2.75) is 19.3 Å². The van der Waals surface area contributed by atoms with E-state index in [2.05, 4.69) is 10.3 Å². The van der Waals surface area contributed by atoms with Crippen LogP contribution < -0.4 is 5.32 Å². The van der Waals surface area contributed by atoms with Gasteiger partial charge in [0.2, 0.25) is 11.8 Å². The van der Waals surface area contributed by atoms with E-state index in [1.807, 2.05) is 0 Å². The molecule has 0 saturated carbocycles. The molecule has 2 aromatic rings. The Labute approximate surface area is 166 Å². The Balaban J connectivity index is 1.48. The summed E-state index contributed by atoms with van der Waals surface area (Å²) in [5, 5.41) is 14.0. The lowest BCUT2D eigenvalue weighted by Gasteiger charge is -2.31. The van der Waals surface area contributed by atoms with Crippen LogP contribution in [0.4, 0.5) is 11.5 Å². The van der Waals surface area contributed by atoms with E-state index in [0.29, 0.717) is 36.8 Å². The van der Waals surface area contributed by atoms with Gasteiger partial charge < -0.3 is 10.2 Å². The molecule has 0 spiro atoms. The van der Waals surface area contributed by atoms with Gasteiger partial charge in [-0.05, 0) is 30.5 Å². The summed E-state index contributed by atoms with van der Waals surface area (Å²) in [6.45, 7) is 0.996. The first kappa shape index (κ1) is 19.8. The molecule has 1 fully saturated rings. The molecule has 2 amide bonds. The summed E-state index contributed by atoms with van der Waals surface area (Å²) < 4.78 is 0. The number of carbonyl (C=O) groups is 2. The lowest BCUT2D eigenvalue weighted by molar-refractivity contribution is -0.384. The number of pyridine rings is 1. The number of nitrogens with zero attached hydrogens (tertiary/aromatic N) is 3. The minimum atomic E-state index is -0.471. The Morgan fingerprint density at radius 1 is 1.18 bits per heavy atom. The molecule has 28 heavy (non-hydrogen) atoms. The van der Waals surface area contributed by atoms with Crippen LogP contribution in [0.3, 0.4) is 0 Å². The summed E-state index contributed by atoms with van der Waals surface area (Å²) in [5.74, 6) is 0.108. The van der Waals surface area contributed by atoms with Crippen LogP contribution >= 0.6 is 11.6 Å². The van der Waals surface area contributed by atoms with Gasteiger partial charge in [0.25, 0.3) is 5.69 Å². The predicted molar refractivity (Wildman–Crippen MR) is 104 cm³/mol. The van der Waals surface area contributed by atoms with E-state index in [9.17, 15) is 19.7 Å². The summed E-state index contributed by atoms with van der Waals surface area (Å²) in [5.41, 5.74) is 0.725. The molecule has 9 heteroatoms. The van der Waals surface area contributed by atoms with E-state index in [-0.39, 0.29) is 29.8 Å². The summed E-state index contributed by atoms with van der Waals surface area (Å²) in [6, 6.07) is 9.27. The van der Waals surface area contributed by atoms with Crippen LogP contribution in [0.5, 0.6) is 0 Å². The number of nitro benzene ring substituents is 1. The SMILES string of the molecule is O=C(Nc1ccc(Cl)cn1)C1CCN(C(=O)Cc2ccc([N+](=O)[O-])cc2)CC1. The highest BCUT2D eigenvalue weighted by molar-refractivity contribution is 6.30. The molecular formula is C19H19ClN4O4. The fourth-order valence-electron chi connectivity index (χ4n) is 3.09. The van der Waals surface area contributed by atoms with Crippen molar-refractivity contribution in [3.8, 4) is 0 Å². The van der Waals surface area contributed by atoms with Gasteiger partial charge in [0.15, 0.2) is 0 Å². The molecule has 0 aliphatic carbocycles. The Morgan fingerprint density at radius 3 is 2.43 bits per heavy atom. The molecule has 1 aliphatic heterocycles. The molecule has 2 heterocycles. The van der Waals surface area contributed by atoms with E-state index in [1.54, 1.807) is 29.2 Å².